The molecule has 32 heavy (non-hydrogen) atoms. The molecule has 2 heteroatoms. The molecule has 0 spiro atoms. The van der Waals surface area contributed by atoms with Gasteiger partial charge in [-0.3, -0.25) is 0 Å². The summed E-state index contributed by atoms with van der Waals surface area (Å²) in [6.45, 7) is 15.8. The average molecular weight is 424 g/mol. The molecule has 0 saturated carbocycles. The van der Waals surface area contributed by atoms with E-state index in [1.165, 1.54) is 50.6 Å². The first-order valence-corrected chi connectivity index (χ1v) is 11.7. The van der Waals surface area contributed by atoms with Crippen molar-refractivity contribution < 1.29 is 4.57 Å². The van der Waals surface area contributed by atoms with E-state index in [4.69, 9.17) is 0 Å². The van der Waals surface area contributed by atoms with Crippen molar-refractivity contribution in [3.8, 4) is 22.5 Å². The van der Waals surface area contributed by atoms with E-state index in [1.807, 2.05) is 0 Å². The van der Waals surface area contributed by atoms with Gasteiger partial charge in [-0.1, -0.05) is 70.2 Å². The summed E-state index contributed by atoms with van der Waals surface area (Å²) in [5.74, 6) is 2.14. The van der Waals surface area contributed by atoms with E-state index in [0.717, 1.165) is 0 Å². The standard InChI is InChI=1S/C30H35N2/c1-20(2)27-14-11-15-28(21(3)4)30(27)25-18-22(5)23(6)29(19-25)32-17-16-31(24(32)7)26-12-9-8-10-13-26/h8-21H,1-7H3/q+1. The van der Waals surface area contributed by atoms with E-state index < -0.39 is 0 Å². The van der Waals surface area contributed by atoms with E-state index in [9.17, 15) is 0 Å². The number of aromatic nitrogens is 2. The summed E-state index contributed by atoms with van der Waals surface area (Å²) < 4.78 is 4.58. The van der Waals surface area contributed by atoms with Gasteiger partial charge in [-0.2, -0.15) is 9.13 Å². The highest BCUT2D eigenvalue weighted by molar-refractivity contribution is 5.75. The topological polar surface area (TPSA) is 8.81 Å². The molecule has 1 heterocycles. The Morgan fingerprint density at radius 1 is 0.750 bits per heavy atom. The van der Waals surface area contributed by atoms with Gasteiger partial charge < -0.3 is 0 Å². The fourth-order valence-corrected chi connectivity index (χ4v) is 4.70. The highest BCUT2D eigenvalue weighted by Gasteiger charge is 2.22. The second kappa shape index (κ2) is 8.78. The van der Waals surface area contributed by atoms with Crippen molar-refractivity contribution in [3.05, 3.63) is 101 Å². The van der Waals surface area contributed by atoms with Gasteiger partial charge in [-0.05, 0) is 77.3 Å². The van der Waals surface area contributed by atoms with Gasteiger partial charge in [-0.25, -0.2) is 0 Å². The summed E-state index contributed by atoms with van der Waals surface area (Å²) in [6.07, 6.45) is 4.35. The summed E-state index contributed by atoms with van der Waals surface area (Å²) >= 11 is 0. The molecule has 0 fully saturated rings. The second-order valence-electron chi connectivity index (χ2n) is 9.48. The third-order valence-corrected chi connectivity index (χ3v) is 6.66. The van der Waals surface area contributed by atoms with Crippen LogP contribution in [0.1, 0.15) is 67.6 Å². The van der Waals surface area contributed by atoms with Crippen molar-refractivity contribution in [1.29, 1.82) is 0 Å². The summed E-state index contributed by atoms with van der Waals surface area (Å²) in [4.78, 5) is 0. The Bertz CT molecular complexity index is 1220. The Balaban J connectivity index is 1.94. The molecule has 0 aliphatic carbocycles. The van der Waals surface area contributed by atoms with Crippen LogP contribution in [0.2, 0.25) is 0 Å². The van der Waals surface area contributed by atoms with Crippen LogP contribution in [0.3, 0.4) is 0 Å². The molecule has 164 valence electrons. The predicted molar refractivity (Wildman–Crippen MR) is 135 cm³/mol. The van der Waals surface area contributed by atoms with Crippen molar-refractivity contribution >= 4 is 0 Å². The SMILES string of the molecule is Cc1cc(-c2c(C(C)C)cccc2C(C)C)cc(-[n+]2ccn(-c3ccccc3)c2C)c1C. The lowest BCUT2D eigenvalue weighted by Gasteiger charge is -2.21. The fraction of sp³-hybridized carbons (Fsp3) is 0.300. The number of hydrogen-bond donors (Lipinski definition) is 0. The quantitative estimate of drug-likeness (QED) is 0.292. The maximum Gasteiger partial charge on any atom is 0.263 e. The maximum atomic E-state index is 2.39. The van der Waals surface area contributed by atoms with Crippen LogP contribution < -0.4 is 4.57 Å². The number of nitrogens with zero attached hydrogens (tertiary/aromatic N) is 2. The summed E-state index contributed by atoms with van der Waals surface area (Å²) in [5, 5.41) is 0. The first-order valence-electron chi connectivity index (χ1n) is 11.7. The normalized spacial score (nSPS) is 11.5. The molecular weight excluding hydrogens is 388 g/mol. The first-order chi connectivity index (χ1) is 15.3. The van der Waals surface area contributed by atoms with Crippen molar-refractivity contribution in [3.63, 3.8) is 0 Å². The molecule has 4 aromatic rings. The number of para-hydroxylation sites is 1. The van der Waals surface area contributed by atoms with Crippen molar-refractivity contribution in [1.82, 2.24) is 4.57 Å². The van der Waals surface area contributed by atoms with Crippen LogP contribution in [-0.2, 0) is 0 Å². The zero-order chi connectivity index (χ0) is 23.0. The molecule has 0 N–H and O–H groups in total. The lowest BCUT2D eigenvalue weighted by atomic mass is 9.84. The Hall–Kier alpha value is -3.13. The van der Waals surface area contributed by atoms with Crippen LogP contribution in [0, 0.1) is 20.8 Å². The van der Waals surface area contributed by atoms with E-state index in [2.05, 4.69) is 131 Å². The number of benzene rings is 3. The molecule has 0 radical (unpaired) electrons. The molecule has 0 bridgehead atoms. The zero-order valence-corrected chi connectivity index (χ0v) is 20.5. The van der Waals surface area contributed by atoms with Crippen LogP contribution in [0.5, 0.6) is 0 Å². The Morgan fingerprint density at radius 2 is 1.38 bits per heavy atom. The average Bonchev–Trinajstić information content (AvgIpc) is 3.16. The smallest absolute Gasteiger partial charge is 0.200 e. The maximum absolute atomic E-state index is 2.39. The number of rotatable bonds is 5. The second-order valence-corrected chi connectivity index (χ2v) is 9.48. The van der Waals surface area contributed by atoms with Crippen molar-refractivity contribution in [2.45, 2.75) is 60.3 Å². The predicted octanol–water partition coefficient (Wildman–Crippen LogP) is 7.59. The fourth-order valence-electron chi connectivity index (χ4n) is 4.70. The molecule has 0 aliphatic heterocycles. The molecule has 0 atom stereocenters. The highest BCUT2D eigenvalue weighted by atomic mass is 15.2. The largest absolute Gasteiger partial charge is 0.263 e. The van der Waals surface area contributed by atoms with E-state index in [-0.39, 0.29) is 0 Å². The number of imidazole rings is 1. The van der Waals surface area contributed by atoms with Gasteiger partial charge in [0.1, 0.15) is 23.8 Å². The Labute approximate surface area is 193 Å². The monoisotopic (exact) mass is 423 g/mol. The molecule has 4 rings (SSSR count). The van der Waals surface area contributed by atoms with E-state index >= 15 is 0 Å². The molecule has 0 unspecified atom stereocenters. The summed E-state index contributed by atoms with van der Waals surface area (Å²) in [7, 11) is 0. The van der Waals surface area contributed by atoms with Crippen molar-refractivity contribution in [2.75, 3.05) is 0 Å². The number of hydrogen-bond acceptors (Lipinski definition) is 0. The lowest BCUT2D eigenvalue weighted by molar-refractivity contribution is -0.602. The molecule has 1 aromatic heterocycles. The van der Waals surface area contributed by atoms with Gasteiger partial charge in [0.2, 0.25) is 0 Å². The van der Waals surface area contributed by atoms with Crippen LogP contribution in [0.15, 0.2) is 73.1 Å². The first kappa shape index (κ1) is 22.1. The van der Waals surface area contributed by atoms with Crippen LogP contribution >= 0.6 is 0 Å². The van der Waals surface area contributed by atoms with Crippen LogP contribution in [0.25, 0.3) is 22.5 Å². The Morgan fingerprint density at radius 3 is 1.97 bits per heavy atom. The van der Waals surface area contributed by atoms with Crippen LogP contribution in [-0.4, -0.2) is 4.57 Å². The minimum Gasteiger partial charge on any atom is -0.200 e. The van der Waals surface area contributed by atoms with Gasteiger partial charge in [0.05, 0.1) is 0 Å². The molecule has 0 saturated heterocycles. The molecular formula is C30H35N2+. The summed E-state index contributed by atoms with van der Waals surface area (Å²) in [5.41, 5.74) is 10.6. The van der Waals surface area contributed by atoms with Gasteiger partial charge in [0.25, 0.3) is 5.82 Å². The minimum absolute atomic E-state index is 0.474. The van der Waals surface area contributed by atoms with Gasteiger partial charge in [0.15, 0.2) is 0 Å². The molecule has 0 aliphatic rings. The Kier molecular flexibility index (Phi) is 6.06. The minimum atomic E-state index is 0.474. The van der Waals surface area contributed by atoms with Gasteiger partial charge in [-0.15, -0.1) is 0 Å². The number of aryl methyl sites for hydroxylation is 1. The molecule has 2 nitrogen and oxygen atoms in total. The van der Waals surface area contributed by atoms with Gasteiger partial charge in [0, 0.05) is 6.92 Å². The van der Waals surface area contributed by atoms with Crippen molar-refractivity contribution in [2.24, 2.45) is 0 Å². The van der Waals surface area contributed by atoms with Gasteiger partial charge >= 0.3 is 0 Å². The third kappa shape index (κ3) is 3.90. The summed E-state index contributed by atoms with van der Waals surface area (Å²) in [6, 6.07) is 22.1. The van der Waals surface area contributed by atoms with E-state index in [1.54, 1.807) is 0 Å². The zero-order valence-electron chi connectivity index (χ0n) is 20.5. The third-order valence-electron chi connectivity index (χ3n) is 6.66. The van der Waals surface area contributed by atoms with Crippen LogP contribution in [0.4, 0.5) is 0 Å². The molecule has 0 amide bonds. The lowest BCUT2D eigenvalue weighted by Crippen LogP contribution is -2.33. The highest BCUT2D eigenvalue weighted by Crippen LogP contribution is 2.37. The van der Waals surface area contributed by atoms with E-state index in [0.29, 0.717) is 11.8 Å². The molecule has 3 aromatic carbocycles.